The monoisotopic (exact) mass is 315 g/mol. The smallest absolute Gasteiger partial charge is 0.477 e. The number of rotatable bonds is 3. The first kappa shape index (κ1) is 13.6. The van der Waals surface area contributed by atoms with Gasteiger partial charge in [-0.1, -0.05) is 15.9 Å². The summed E-state index contributed by atoms with van der Waals surface area (Å²) < 4.78 is 39.1. The second-order valence-corrected chi connectivity index (χ2v) is 3.38. The van der Waals surface area contributed by atoms with Crippen molar-refractivity contribution in [3.8, 4) is 5.75 Å². The quantitative estimate of drug-likeness (QED) is 0.834. The molecule has 0 atom stereocenters. The van der Waals surface area contributed by atoms with Gasteiger partial charge in [-0.3, -0.25) is 4.79 Å². The van der Waals surface area contributed by atoms with E-state index in [4.69, 9.17) is 5.11 Å². The number of H-pyrrole nitrogens is 1. The first-order valence-electron chi connectivity index (χ1n) is 4.06. The van der Waals surface area contributed by atoms with E-state index in [9.17, 15) is 22.8 Å². The first-order chi connectivity index (χ1) is 7.76. The molecule has 0 amide bonds. The normalized spacial score (nSPS) is 11.3. The second kappa shape index (κ2) is 4.78. The molecule has 1 rings (SSSR count). The molecule has 94 valence electrons. The number of carbonyl (C=O) groups is 1. The molecule has 0 spiro atoms. The third kappa shape index (κ3) is 3.22. The fraction of sp³-hybridized carbons (Fsp3) is 0.250. The summed E-state index contributed by atoms with van der Waals surface area (Å²) in [4.78, 5) is 24.4. The number of halogens is 4. The number of aromatic carboxylic acids is 1. The van der Waals surface area contributed by atoms with Gasteiger partial charge in [-0.25, -0.2) is 4.79 Å². The number of ether oxygens (including phenoxy) is 1. The largest absolute Gasteiger partial charge is 0.573 e. The number of aromatic amines is 1. The van der Waals surface area contributed by atoms with E-state index in [2.05, 4.69) is 25.7 Å². The predicted octanol–water partition coefficient (Wildman–Crippen LogP) is 1.87. The second-order valence-electron chi connectivity index (χ2n) is 2.82. The Labute approximate surface area is 100 Å². The van der Waals surface area contributed by atoms with Crippen molar-refractivity contribution in [3.63, 3.8) is 0 Å². The average Bonchev–Trinajstić information content (AvgIpc) is 2.18. The molecule has 0 aliphatic heterocycles. The summed E-state index contributed by atoms with van der Waals surface area (Å²) in [5, 5.41) is 8.71. The van der Waals surface area contributed by atoms with Gasteiger partial charge in [0.2, 0.25) is 5.43 Å². The van der Waals surface area contributed by atoms with Gasteiger partial charge >= 0.3 is 12.3 Å². The average molecular weight is 316 g/mol. The van der Waals surface area contributed by atoms with E-state index in [0.717, 1.165) is 0 Å². The fourth-order valence-electron chi connectivity index (χ4n) is 1.08. The van der Waals surface area contributed by atoms with Crippen LogP contribution in [0, 0.1) is 0 Å². The number of hydrogen-bond donors (Lipinski definition) is 2. The number of nitrogens with one attached hydrogen (secondary N) is 1. The molecule has 1 heterocycles. The highest BCUT2D eigenvalue weighted by molar-refractivity contribution is 9.08. The molecular formula is C8H5BrF3NO4. The summed E-state index contributed by atoms with van der Waals surface area (Å²) in [6.45, 7) is 0. The number of hydrogen-bond acceptors (Lipinski definition) is 3. The zero-order valence-corrected chi connectivity index (χ0v) is 9.55. The Morgan fingerprint density at radius 3 is 2.53 bits per heavy atom. The lowest BCUT2D eigenvalue weighted by molar-refractivity contribution is -0.275. The minimum absolute atomic E-state index is 0.0177. The van der Waals surface area contributed by atoms with Crippen LogP contribution in [0.2, 0.25) is 0 Å². The molecule has 1 aromatic rings. The highest BCUT2D eigenvalue weighted by Gasteiger charge is 2.33. The number of pyridine rings is 1. The summed E-state index contributed by atoms with van der Waals surface area (Å²) in [5.41, 5.74) is -2.16. The van der Waals surface area contributed by atoms with Crippen LogP contribution in [0.25, 0.3) is 0 Å². The summed E-state index contributed by atoms with van der Waals surface area (Å²) in [6.07, 6.45) is -4.39. The van der Waals surface area contributed by atoms with E-state index in [0.29, 0.717) is 6.20 Å². The maximum Gasteiger partial charge on any atom is 0.573 e. The Balaban J connectivity index is 3.34. The lowest BCUT2D eigenvalue weighted by Gasteiger charge is -2.09. The molecule has 0 bridgehead atoms. The van der Waals surface area contributed by atoms with E-state index in [-0.39, 0.29) is 11.0 Å². The van der Waals surface area contributed by atoms with Gasteiger partial charge in [-0.2, -0.15) is 0 Å². The van der Waals surface area contributed by atoms with Crippen molar-refractivity contribution < 1.29 is 27.8 Å². The van der Waals surface area contributed by atoms with Gasteiger partial charge in [-0.05, 0) is 0 Å². The number of alkyl halides is 4. The molecule has 0 saturated heterocycles. The van der Waals surface area contributed by atoms with Crippen LogP contribution in [0.15, 0.2) is 11.0 Å². The molecule has 0 unspecified atom stereocenters. The van der Waals surface area contributed by atoms with Crippen molar-refractivity contribution in [2.24, 2.45) is 0 Å². The molecule has 0 fully saturated rings. The van der Waals surface area contributed by atoms with E-state index >= 15 is 0 Å². The number of carboxylic acid groups (broad SMARTS) is 1. The summed E-state index contributed by atoms with van der Waals surface area (Å²) >= 11 is 2.90. The standard InChI is InChI=1S/C8H5BrF3NO4/c9-1-3-5(7(15)16)6(14)4(2-13-3)17-8(10,11)12/h2H,1H2,(H,13,14)(H,15,16). The third-order valence-electron chi connectivity index (χ3n) is 1.70. The lowest BCUT2D eigenvalue weighted by atomic mass is 10.2. The Kier molecular flexibility index (Phi) is 3.81. The number of aromatic nitrogens is 1. The first-order valence-corrected chi connectivity index (χ1v) is 5.18. The SMILES string of the molecule is O=C(O)c1c(CBr)[nH]cc(OC(F)(F)F)c1=O. The molecule has 2 N–H and O–H groups in total. The van der Waals surface area contributed by atoms with Crippen LogP contribution >= 0.6 is 15.9 Å². The molecule has 1 aromatic heterocycles. The van der Waals surface area contributed by atoms with Crippen LogP contribution in [0.5, 0.6) is 5.75 Å². The van der Waals surface area contributed by atoms with Crippen LogP contribution in [-0.4, -0.2) is 22.4 Å². The topological polar surface area (TPSA) is 79.4 Å². The van der Waals surface area contributed by atoms with Gasteiger partial charge in [0.1, 0.15) is 5.56 Å². The van der Waals surface area contributed by atoms with E-state index in [1.54, 1.807) is 0 Å². The van der Waals surface area contributed by atoms with Crippen LogP contribution < -0.4 is 10.2 Å². The maximum absolute atomic E-state index is 11.9. The van der Waals surface area contributed by atoms with Crippen molar-refractivity contribution in [1.82, 2.24) is 4.98 Å². The Morgan fingerprint density at radius 2 is 2.12 bits per heavy atom. The minimum Gasteiger partial charge on any atom is -0.477 e. The lowest BCUT2D eigenvalue weighted by Crippen LogP contribution is -2.26. The highest BCUT2D eigenvalue weighted by atomic mass is 79.9. The van der Waals surface area contributed by atoms with E-state index in [1.165, 1.54) is 0 Å². The summed E-state index contributed by atoms with van der Waals surface area (Å²) in [7, 11) is 0. The molecule has 9 heteroatoms. The van der Waals surface area contributed by atoms with Gasteiger partial charge < -0.3 is 14.8 Å². The summed E-state index contributed by atoms with van der Waals surface area (Å²) in [6, 6.07) is 0. The molecule has 0 aromatic carbocycles. The van der Waals surface area contributed by atoms with E-state index < -0.39 is 29.1 Å². The molecule has 0 saturated carbocycles. The maximum atomic E-state index is 11.9. The molecule has 0 radical (unpaired) electrons. The Hall–Kier alpha value is -1.51. The molecule has 17 heavy (non-hydrogen) atoms. The van der Waals surface area contributed by atoms with E-state index in [1.807, 2.05) is 0 Å². The van der Waals surface area contributed by atoms with Gasteiger partial charge in [0.05, 0.1) is 0 Å². The Morgan fingerprint density at radius 1 is 1.53 bits per heavy atom. The van der Waals surface area contributed by atoms with Gasteiger partial charge in [0.25, 0.3) is 0 Å². The van der Waals surface area contributed by atoms with Gasteiger partial charge in [-0.15, -0.1) is 13.2 Å². The third-order valence-corrected chi connectivity index (χ3v) is 2.26. The van der Waals surface area contributed by atoms with Crippen molar-refractivity contribution in [3.05, 3.63) is 27.7 Å². The van der Waals surface area contributed by atoms with Crippen molar-refractivity contribution in [2.75, 3.05) is 0 Å². The Bertz CT molecular complexity index is 497. The minimum atomic E-state index is -5.06. The van der Waals surface area contributed by atoms with Crippen molar-refractivity contribution >= 4 is 21.9 Å². The molecule has 5 nitrogen and oxygen atoms in total. The van der Waals surface area contributed by atoms with Crippen LogP contribution in [0.3, 0.4) is 0 Å². The van der Waals surface area contributed by atoms with Crippen LogP contribution in [0.4, 0.5) is 13.2 Å². The van der Waals surface area contributed by atoms with Crippen molar-refractivity contribution in [1.29, 1.82) is 0 Å². The van der Waals surface area contributed by atoms with Gasteiger partial charge in [0.15, 0.2) is 5.75 Å². The molecular weight excluding hydrogens is 311 g/mol. The predicted molar refractivity (Wildman–Crippen MR) is 53.3 cm³/mol. The fourth-order valence-corrected chi connectivity index (χ4v) is 1.52. The molecule has 0 aliphatic carbocycles. The summed E-state index contributed by atoms with van der Waals surface area (Å²) in [5.74, 6) is -2.74. The van der Waals surface area contributed by atoms with Crippen LogP contribution in [0.1, 0.15) is 16.1 Å². The zero-order valence-electron chi connectivity index (χ0n) is 7.97. The van der Waals surface area contributed by atoms with Gasteiger partial charge in [0, 0.05) is 17.2 Å². The highest BCUT2D eigenvalue weighted by Crippen LogP contribution is 2.20. The zero-order chi connectivity index (χ0) is 13.2. The number of carboxylic acids is 1. The molecule has 0 aliphatic rings. The van der Waals surface area contributed by atoms with Crippen LogP contribution in [-0.2, 0) is 5.33 Å². The van der Waals surface area contributed by atoms with Crippen molar-refractivity contribution in [2.45, 2.75) is 11.7 Å².